The topological polar surface area (TPSA) is 120 Å². The lowest BCUT2D eigenvalue weighted by Crippen LogP contribution is -2.45. The highest BCUT2D eigenvalue weighted by Crippen LogP contribution is 2.31. The number of hydrogen-bond donors (Lipinski definition) is 2. The molecule has 3 aromatic rings. The number of amides is 3. The van der Waals surface area contributed by atoms with Crippen LogP contribution in [0, 0.1) is 0 Å². The van der Waals surface area contributed by atoms with Crippen LogP contribution < -0.4 is 5.32 Å². The summed E-state index contributed by atoms with van der Waals surface area (Å²) in [5.74, 6) is -1.44. The van der Waals surface area contributed by atoms with Crippen molar-refractivity contribution in [3.05, 3.63) is 149 Å². The third kappa shape index (κ3) is 7.29. The Morgan fingerprint density at radius 2 is 1.53 bits per heavy atom. The number of aryl methyl sites for hydroxylation is 1. The smallest absolute Gasteiger partial charge is 0.270 e. The zero-order valence-electron chi connectivity index (χ0n) is 26.1. The average molecular weight is 629 g/mol. The van der Waals surface area contributed by atoms with Crippen LogP contribution in [0.15, 0.2) is 137 Å². The molecule has 1 atom stereocenters. The van der Waals surface area contributed by atoms with E-state index in [0.717, 1.165) is 53.3 Å². The van der Waals surface area contributed by atoms with Gasteiger partial charge in [-0.1, -0.05) is 72.8 Å². The number of nitrogens with zero attached hydrogens (tertiary/aromatic N) is 5. The average Bonchev–Trinajstić information content (AvgIpc) is 3.79. The Balaban J connectivity index is 1.30. The highest BCUT2D eigenvalue weighted by atomic mass is 16.5. The monoisotopic (exact) mass is 628 g/mol. The van der Waals surface area contributed by atoms with Gasteiger partial charge in [0.1, 0.15) is 11.7 Å². The van der Waals surface area contributed by atoms with Crippen LogP contribution in [0.2, 0.25) is 0 Å². The summed E-state index contributed by atoms with van der Waals surface area (Å²) >= 11 is 0. The van der Waals surface area contributed by atoms with Gasteiger partial charge in [-0.3, -0.25) is 24.3 Å². The van der Waals surface area contributed by atoms with Gasteiger partial charge >= 0.3 is 0 Å². The van der Waals surface area contributed by atoms with Crippen LogP contribution in [0.25, 0.3) is 0 Å². The van der Waals surface area contributed by atoms with Crippen LogP contribution in [0.3, 0.4) is 0 Å². The number of carbonyl (C=O) groups is 3. The molecule has 1 aliphatic carbocycles. The Kier molecular flexibility index (Phi) is 9.49. The molecule has 3 aliphatic rings. The third-order valence-corrected chi connectivity index (χ3v) is 8.50. The molecule has 2 aromatic carbocycles. The van der Waals surface area contributed by atoms with Gasteiger partial charge in [0.25, 0.3) is 11.8 Å². The van der Waals surface area contributed by atoms with Gasteiger partial charge in [0.05, 0.1) is 12.1 Å². The van der Waals surface area contributed by atoms with Crippen molar-refractivity contribution in [2.45, 2.75) is 31.2 Å². The first-order valence-corrected chi connectivity index (χ1v) is 15.6. The largest absolute Gasteiger partial charge is 0.342 e. The number of hydrogen-bond acceptors (Lipinski definition) is 6. The highest BCUT2D eigenvalue weighted by molar-refractivity contribution is 6.12. The fraction of sp³-hybridized carbons (Fsp3) is 0.216. The van der Waals surface area contributed by atoms with Crippen molar-refractivity contribution in [1.29, 1.82) is 0 Å². The van der Waals surface area contributed by atoms with Gasteiger partial charge in [-0.2, -0.15) is 5.10 Å². The van der Waals surface area contributed by atoms with Crippen molar-refractivity contribution in [3.63, 3.8) is 0 Å². The van der Waals surface area contributed by atoms with E-state index in [-0.39, 0.29) is 12.3 Å². The number of likely N-dealkylation sites (tertiary alicyclic amines) is 1. The Hall–Kier alpha value is -5.61. The molecule has 0 saturated carbocycles. The second-order valence-electron chi connectivity index (χ2n) is 11.6. The highest BCUT2D eigenvalue weighted by Gasteiger charge is 2.33. The molecule has 3 heterocycles. The van der Waals surface area contributed by atoms with Crippen molar-refractivity contribution >= 4 is 23.4 Å². The molecule has 2 N–H and O–H groups in total. The minimum atomic E-state index is -1.03. The number of allylic oxidation sites excluding steroid dienone is 7. The third-order valence-electron chi connectivity index (χ3n) is 8.50. The van der Waals surface area contributed by atoms with Gasteiger partial charge in [-0.05, 0) is 65.0 Å². The molecule has 6 rings (SSSR count). The standard InChI is InChI=1S/C37H36N6O4/c1-41-32(18-20-38-41)36(45)40-35(34(27-10-4-2-5-11-27)28-12-6-3-7-13-28)37(46)39-30-16-14-26(15-17-30)31-19-23-43(47)25-29(31)24-33(44)42-21-8-9-22-42/h2-7,10-20,23,25,34-35,47H,8-9,21-22,24H2,1H3,(H,40,45)/t35-/m0/s1. The van der Waals surface area contributed by atoms with Gasteiger partial charge in [-0.25, -0.2) is 10.1 Å². The van der Waals surface area contributed by atoms with E-state index >= 15 is 0 Å². The maximum absolute atomic E-state index is 14.1. The van der Waals surface area contributed by atoms with E-state index < -0.39 is 23.8 Å². The predicted molar refractivity (Wildman–Crippen MR) is 178 cm³/mol. The number of aliphatic imine (C=N–C) groups is 1. The molecule has 0 spiro atoms. The zero-order chi connectivity index (χ0) is 32.8. The molecule has 238 valence electrons. The molecule has 0 radical (unpaired) electrons. The Labute approximate surface area is 273 Å². The number of aromatic nitrogens is 2. The number of carbonyl (C=O) groups excluding carboxylic acids is 3. The van der Waals surface area contributed by atoms with E-state index in [1.54, 1.807) is 37.5 Å². The van der Waals surface area contributed by atoms with Crippen LogP contribution in [0.4, 0.5) is 0 Å². The Morgan fingerprint density at radius 1 is 0.894 bits per heavy atom. The number of benzene rings is 2. The summed E-state index contributed by atoms with van der Waals surface area (Å²) in [7, 11) is 1.67. The molecule has 10 heteroatoms. The zero-order valence-corrected chi connectivity index (χ0v) is 26.1. The van der Waals surface area contributed by atoms with Crippen molar-refractivity contribution in [2.75, 3.05) is 13.1 Å². The minimum absolute atomic E-state index is 0.0257. The number of rotatable bonds is 8. The SMILES string of the molecule is Cn1nccc1C(=O)N[C@H](C(=O)N=C1C=CC(=C2C=CN(O)C=C2CC(=O)N2CCCC2)C=C1)C(c1ccccc1)c1ccccc1. The molecular formula is C37H36N6O4. The number of hydroxylamine groups is 2. The lowest BCUT2D eigenvalue weighted by molar-refractivity contribution is -0.129. The summed E-state index contributed by atoms with van der Waals surface area (Å²) in [6.45, 7) is 1.51. The predicted octanol–water partition coefficient (Wildman–Crippen LogP) is 4.86. The second-order valence-corrected chi connectivity index (χ2v) is 11.6. The lowest BCUT2D eigenvalue weighted by atomic mass is 9.84. The van der Waals surface area contributed by atoms with Gasteiger partial charge in [0, 0.05) is 44.7 Å². The van der Waals surface area contributed by atoms with Crippen LogP contribution in [0.1, 0.15) is 46.8 Å². The van der Waals surface area contributed by atoms with Crippen molar-refractivity contribution in [3.8, 4) is 0 Å². The maximum Gasteiger partial charge on any atom is 0.270 e. The summed E-state index contributed by atoms with van der Waals surface area (Å²) in [5.41, 5.74) is 4.76. The number of nitrogens with one attached hydrogen (secondary N) is 1. The minimum Gasteiger partial charge on any atom is -0.342 e. The quantitative estimate of drug-likeness (QED) is 0.368. The molecule has 1 aromatic heterocycles. The van der Waals surface area contributed by atoms with Crippen LogP contribution in [-0.4, -0.2) is 67.5 Å². The van der Waals surface area contributed by atoms with E-state index in [2.05, 4.69) is 15.4 Å². The molecule has 10 nitrogen and oxygen atoms in total. The molecule has 0 unspecified atom stereocenters. The Bertz CT molecular complexity index is 1770. The van der Waals surface area contributed by atoms with Crippen LogP contribution in [-0.2, 0) is 16.6 Å². The summed E-state index contributed by atoms with van der Waals surface area (Å²) in [4.78, 5) is 46.8. The summed E-state index contributed by atoms with van der Waals surface area (Å²) < 4.78 is 1.46. The van der Waals surface area contributed by atoms with Crippen molar-refractivity contribution in [1.82, 2.24) is 25.1 Å². The summed E-state index contributed by atoms with van der Waals surface area (Å²) in [5, 5.41) is 18.1. The summed E-state index contributed by atoms with van der Waals surface area (Å²) in [6, 6.07) is 19.7. The first-order valence-electron chi connectivity index (χ1n) is 15.6. The van der Waals surface area contributed by atoms with E-state index in [1.165, 1.54) is 17.1 Å². The van der Waals surface area contributed by atoms with Crippen LogP contribution >= 0.6 is 0 Å². The van der Waals surface area contributed by atoms with E-state index in [9.17, 15) is 19.6 Å². The van der Waals surface area contributed by atoms with E-state index in [4.69, 9.17) is 0 Å². The summed E-state index contributed by atoms with van der Waals surface area (Å²) in [6.07, 6.45) is 15.7. The molecule has 47 heavy (non-hydrogen) atoms. The molecule has 0 bridgehead atoms. The molecule has 3 amide bonds. The first-order chi connectivity index (χ1) is 22.9. The van der Waals surface area contributed by atoms with Gasteiger partial charge in [0.2, 0.25) is 5.91 Å². The van der Waals surface area contributed by atoms with Gasteiger partial charge < -0.3 is 10.2 Å². The van der Waals surface area contributed by atoms with Gasteiger partial charge in [-0.15, -0.1) is 0 Å². The fourth-order valence-corrected chi connectivity index (χ4v) is 6.10. The molecule has 1 fully saturated rings. The second kappa shape index (κ2) is 14.2. The molecular weight excluding hydrogens is 592 g/mol. The Morgan fingerprint density at radius 3 is 2.13 bits per heavy atom. The van der Waals surface area contributed by atoms with E-state index in [1.807, 2.05) is 77.7 Å². The first kappa shape index (κ1) is 31.4. The molecule has 2 aliphatic heterocycles. The molecule has 1 saturated heterocycles. The normalized spacial score (nSPS) is 16.5. The van der Waals surface area contributed by atoms with Crippen LogP contribution in [0.5, 0.6) is 0 Å². The van der Waals surface area contributed by atoms with Crippen molar-refractivity contribution in [2.24, 2.45) is 12.0 Å². The fourth-order valence-electron chi connectivity index (χ4n) is 6.10. The van der Waals surface area contributed by atoms with E-state index in [0.29, 0.717) is 17.0 Å². The van der Waals surface area contributed by atoms with Crippen molar-refractivity contribution < 1.29 is 19.6 Å². The maximum atomic E-state index is 14.1. The lowest BCUT2D eigenvalue weighted by Gasteiger charge is -2.27. The van der Waals surface area contributed by atoms with Gasteiger partial charge in [0.15, 0.2) is 0 Å².